The van der Waals surface area contributed by atoms with Crippen LogP contribution in [-0.4, -0.2) is 17.7 Å². The van der Waals surface area contributed by atoms with Crippen LogP contribution in [0.5, 0.6) is 0 Å². The average Bonchev–Trinajstić information content (AvgIpc) is 2.26. The van der Waals surface area contributed by atoms with Gasteiger partial charge in [-0.1, -0.05) is 0 Å². The SMILES string of the molecule is CCOC(=O)Nc1nc(F)c(SI)c(F)c1C. The smallest absolute Gasteiger partial charge is 0.412 e. The molecule has 1 rings (SSSR count). The Morgan fingerprint density at radius 2 is 2.24 bits per heavy atom. The van der Waals surface area contributed by atoms with Gasteiger partial charge in [0.05, 0.1) is 6.61 Å². The quantitative estimate of drug-likeness (QED) is 0.648. The number of amides is 1. The van der Waals surface area contributed by atoms with Crippen LogP contribution in [0.15, 0.2) is 4.90 Å². The van der Waals surface area contributed by atoms with Gasteiger partial charge in [-0.05, 0) is 22.8 Å². The minimum absolute atomic E-state index is 0.0682. The molecule has 0 atom stereocenters. The third-order valence-electron chi connectivity index (χ3n) is 1.85. The van der Waals surface area contributed by atoms with Gasteiger partial charge in [0.15, 0.2) is 0 Å². The van der Waals surface area contributed by atoms with Crippen LogP contribution in [-0.2, 0) is 4.74 Å². The maximum atomic E-state index is 13.7. The Kier molecular flexibility index (Phi) is 5.37. The Labute approximate surface area is 113 Å². The van der Waals surface area contributed by atoms with E-state index in [1.165, 1.54) is 6.92 Å². The van der Waals surface area contributed by atoms with Gasteiger partial charge >= 0.3 is 6.09 Å². The van der Waals surface area contributed by atoms with Gasteiger partial charge < -0.3 is 4.74 Å². The highest BCUT2D eigenvalue weighted by Crippen LogP contribution is 2.33. The summed E-state index contributed by atoms with van der Waals surface area (Å²) in [6.45, 7) is 3.19. The van der Waals surface area contributed by atoms with E-state index in [9.17, 15) is 13.6 Å². The number of rotatable bonds is 3. The van der Waals surface area contributed by atoms with Crippen LogP contribution < -0.4 is 5.32 Å². The molecule has 0 aliphatic carbocycles. The highest BCUT2D eigenvalue weighted by atomic mass is 127. The average molecular weight is 374 g/mol. The lowest BCUT2D eigenvalue weighted by Gasteiger charge is -2.10. The van der Waals surface area contributed by atoms with Gasteiger partial charge in [0.1, 0.15) is 16.5 Å². The van der Waals surface area contributed by atoms with Crippen molar-refractivity contribution in [2.45, 2.75) is 18.7 Å². The van der Waals surface area contributed by atoms with Gasteiger partial charge in [0.25, 0.3) is 0 Å². The number of aromatic nitrogens is 1. The van der Waals surface area contributed by atoms with Crippen molar-refractivity contribution in [3.05, 3.63) is 17.3 Å². The number of anilines is 1. The van der Waals surface area contributed by atoms with E-state index in [0.717, 1.165) is 8.93 Å². The zero-order valence-corrected chi connectivity index (χ0v) is 12.0. The largest absolute Gasteiger partial charge is 0.450 e. The number of nitrogens with zero attached hydrogens (tertiary/aromatic N) is 1. The second-order valence-electron chi connectivity index (χ2n) is 2.94. The molecule has 1 heterocycles. The molecule has 4 nitrogen and oxygen atoms in total. The molecule has 0 aliphatic rings. The molecule has 0 radical (unpaired) electrons. The van der Waals surface area contributed by atoms with E-state index < -0.39 is 17.9 Å². The molecule has 0 saturated heterocycles. The molecule has 1 aromatic rings. The van der Waals surface area contributed by atoms with Gasteiger partial charge in [-0.2, -0.15) is 4.39 Å². The summed E-state index contributed by atoms with van der Waals surface area (Å²) in [6.07, 6.45) is -0.795. The number of nitrogens with one attached hydrogen (secondary N) is 1. The van der Waals surface area contributed by atoms with Crippen molar-refractivity contribution < 1.29 is 18.3 Å². The van der Waals surface area contributed by atoms with E-state index in [2.05, 4.69) is 15.0 Å². The predicted molar refractivity (Wildman–Crippen MR) is 69.4 cm³/mol. The van der Waals surface area contributed by atoms with Gasteiger partial charge in [0.2, 0.25) is 5.95 Å². The maximum Gasteiger partial charge on any atom is 0.412 e. The number of hydrogen-bond acceptors (Lipinski definition) is 4. The highest BCUT2D eigenvalue weighted by molar-refractivity contribution is 14.2. The second-order valence-corrected chi connectivity index (χ2v) is 4.83. The van der Waals surface area contributed by atoms with Crippen LogP contribution in [0.4, 0.5) is 19.4 Å². The summed E-state index contributed by atoms with van der Waals surface area (Å²) in [4.78, 5) is 14.4. The first-order valence-electron chi connectivity index (χ1n) is 4.59. The van der Waals surface area contributed by atoms with Crippen molar-refractivity contribution >= 4 is 42.0 Å². The van der Waals surface area contributed by atoms with Crippen molar-refractivity contribution in [1.29, 1.82) is 0 Å². The summed E-state index contributed by atoms with van der Waals surface area (Å²) >= 11 is 1.76. The normalized spacial score (nSPS) is 10.2. The van der Waals surface area contributed by atoms with Crippen LogP contribution in [0, 0.1) is 18.7 Å². The van der Waals surface area contributed by atoms with E-state index in [4.69, 9.17) is 0 Å². The van der Waals surface area contributed by atoms with Crippen LogP contribution in [0.3, 0.4) is 0 Å². The van der Waals surface area contributed by atoms with Crippen LogP contribution >= 0.6 is 30.1 Å². The number of halogens is 3. The van der Waals surface area contributed by atoms with Gasteiger partial charge in [-0.15, -0.1) is 0 Å². The summed E-state index contributed by atoms with van der Waals surface area (Å²) in [5.41, 5.74) is 0.0682. The molecule has 1 amide bonds. The number of pyridine rings is 1. The molecule has 0 aliphatic heterocycles. The Morgan fingerprint density at radius 3 is 2.76 bits per heavy atom. The molecule has 1 aromatic heterocycles. The Hall–Kier alpha value is -0.640. The standard InChI is InChI=1S/C9H9F2IN2O2S/c1-3-16-9(15)14-8-4(2)5(10)6(17-12)7(11)13-8/h3H2,1-2H3,(H,13,14,15). The first kappa shape index (κ1) is 14.4. The van der Waals surface area contributed by atoms with Gasteiger partial charge in [0, 0.05) is 26.8 Å². The minimum Gasteiger partial charge on any atom is -0.450 e. The van der Waals surface area contributed by atoms with Crippen molar-refractivity contribution in [2.75, 3.05) is 11.9 Å². The maximum absolute atomic E-state index is 13.7. The Balaban J connectivity index is 3.06. The fraction of sp³-hybridized carbons (Fsp3) is 0.333. The predicted octanol–water partition coefficient (Wildman–Crippen LogP) is 3.68. The first-order chi connectivity index (χ1) is 8.01. The van der Waals surface area contributed by atoms with E-state index in [1.54, 1.807) is 28.1 Å². The van der Waals surface area contributed by atoms with Gasteiger partial charge in [-0.3, -0.25) is 5.32 Å². The third-order valence-corrected chi connectivity index (χ3v) is 3.68. The number of hydrogen-bond donors (Lipinski definition) is 1. The Morgan fingerprint density at radius 1 is 1.59 bits per heavy atom. The molecule has 0 fully saturated rings. The van der Waals surface area contributed by atoms with Crippen LogP contribution in [0.2, 0.25) is 0 Å². The fourth-order valence-corrected chi connectivity index (χ4v) is 2.50. The monoisotopic (exact) mass is 374 g/mol. The van der Waals surface area contributed by atoms with Gasteiger partial charge in [-0.25, -0.2) is 14.2 Å². The summed E-state index contributed by atoms with van der Waals surface area (Å²) in [5, 5.41) is 2.18. The van der Waals surface area contributed by atoms with Crippen LogP contribution in [0.1, 0.15) is 12.5 Å². The van der Waals surface area contributed by atoms with E-state index in [0.29, 0.717) is 0 Å². The molecule has 0 saturated carbocycles. The summed E-state index contributed by atoms with van der Waals surface area (Å²) in [5.74, 6) is -1.87. The Bertz CT molecular complexity index is 445. The zero-order chi connectivity index (χ0) is 13.0. The molecular formula is C9H9F2IN2O2S. The van der Waals surface area contributed by atoms with Crippen LogP contribution in [0.25, 0.3) is 0 Å². The summed E-state index contributed by atoms with van der Waals surface area (Å²) in [7, 11) is 0.888. The number of ether oxygens (including phenoxy) is 1. The highest BCUT2D eigenvalue weighted by Gasteiger charge is 2.18. The molecular weight excluding hydrogens is 365 g/mol. The number of carbonyl (C=O) groups excluding carboxylic acids is 1. The topological polar surface area (TPSA) is 51.2 Å². The molecule has 0 spiro atoms. The first-order valence-corrected chi connectivity index (χ1v) is 7.95. The molecule has 0 unspecified atom stereocenters. The van der Waals surface area contributed by atoms with Crippen molar-refractivity contribution in [3.8, 4) is 0 Å². The molecule has 8 heteroatoms. The van der Waals surface area contributed by atoms with Crippen molar-refractivity contribution in [3.63, 3.8) is 0 Å². The molecule has 0 aromatic carbocycles. The van der Waals surface area contributed by atoms with Crippen molar-refractivity contribution in [2.24, 2.45) is 0 Å². The van der Waals surface area contributed by atoms with E-state index >= 15 is 0 Å². The fourth-order valence-electron chi connectivity index (χ4n) is 1.05. The third kappa shape index (κ3) is 3.41. The zero-order valence-electron chi connectivity index (χ0n) is 9.01. The molecule has 0 bridgehead atoms. The summed E-state index contributed by atoms with van der Waals surface area (Å²) < 4.78 is 31.6. The molecule has 17 heavy (non-hydrogen) atoms. The molecule has 94 valence electrons. The van der Waals surface area contributed by atoms with E-state index in [-0.39, 0.29) is 22.9 Å². The lowest BCUT2D eigenvalue weighted by Crippen LogP contribution is -2.16. The minimum atomic E-state index is -0.959. The van der Waals surface area contributed by atoms with Crippen molar-refractivity contribution in [1.82, 2.24) is 4.98 Å². The lowest BCUT2D eigenvalue weighted by molar-refractivity contribution is 0.167. The lowest BCUT2D eigenvalue weighted by atomic mass is 10.2. The molecule has 1 N–H and O–H groups in total. The van der Waals surface area contributed by atoms with E-state index in [1.807, 2.05) is 0 Å². The second kappa shape index (κ2) is 6.34. The summed E-state index contributed by atoms with van der Waals surface area (Å²) in [6, 6.07) is 0. The number of carbonyl (C=O) groups is 1.